The fourth-order valence-electron chi connectivity index (χ4n) is 2.34. The van der Waals surface area contributed by atoms with Crippen molar-refractivity contribution in [2.24, 2.45) is 0 Å². The average molecular weight is 321 g/mol. The minimum absolute atomic E-state index is 0.184. The van der Waals surface area contributed by atoms with Crippen LogP contribution in [0.15, 0.2) is 18.2 Å². The van der Waals surface area contributed by atoms with Crippen LogP contribution in [-0.2, 0) is 16.6 Å². The van der Waals surface area contributed by atoms with Crippen molar-refractivity contribution in [3.8, 4) is 0 Å². The molecule has 1 fully saturated rings. The summed E-state index contributed by atoms with van der Waals surface area (Å²) in [6.07, 6.45) is 2.66. The second-order valence-corrected chi connectivity index (χ2v) is 7.41. The molecular weight excluding hydrogens is 303 g/mol. The van der Waals surface area contributed by atoms with Crippen molar-refractivity contribution >= 4 is 21.6 Å². The normalized spacial score (nSPS) is 18.4. The van der Waals surface area contributed by atoms with Crippen LogP contribution in [0, 0.1) is 5.82 Å². The van der Waals surface area contributed by atoms with E-state index in [2.05, 4.69) is 5.32 Å². The van der Waals surface area contributed by atoms with Crippen LogP contribution in [0.1, 0.15) is 18.4 Å². The highest BCUT2D eigenvalue weighted by molar-refractivity contribution is 7.88. The number of hydrogen-bond donors (Lipinski definition) is 1. The lowest BCUT2D eigenvalue weighted by Gasteiger charge is -2.30. The minimum atomic E-state index is -3.11. The van der Waals surface area contributed by atoms with Crippen molar-refractivity contribution in [1.29, 1.82) is 0 Å². The maximum absolute atomic E-state index is 13.6. The Morgan fingerprint density at radius 2 is 2.05 bits per heavy atom. The second kappa shape index (κ2) is 6.39. The first kappa shape index (κ1) is 15.7. The third-order valence-electron chi connectivity index (χ3n) is 3.55. The lowest BCUT2D eigenvalue weighted by molar-refractivity contribution is 0.289. The van der Waals surface area contributed by atoms with Crippen LogP contribution in [-0.4, -0.2) is 38.1 Å². The van der Waals surface area contributed by atoms with Crippen molar-refractivity contribution in [2.75, 3.05) is 19.3 Å². The first-order chi connectivity index (χ1) is 9.38. The number of sulfonamides is 1. The molecule has 0 saturated carbocycles. The fraction of sp³-hybridized carbons (Fsp3) is 0.538. The number of piperidine rings is 1. The van der Waals surface area contributed by atoms with Crippen molar-refractivity contribution < 1.29 is 12.8 Å². The van der Waals surface area contributed by atoms with Gasteiger partial charge < -0.3 is 5.32 Å². The van der Waals surface area contributed by atoms with Gasteiger partial charge in [-0.3, -0.25) is 0 Å². The van der Waals surface area contributed by atoms with Crippen molar-refractivity contribution in [1.82, 2.24) is 9.62 Å². The maximum atomic E-state index is 13.6. The summed E-state index contributed by atoms with van der Waals surface area (Å²) in [6.45, 7) is 1.36. The molecule has 0 aliphatic carbocycles. The molecule has 20 heavy (non-hydrogen) atoms. The number of halogens is 2. The molecule has 0 spiro atoms. The molecule has 112 valence electrons. The van der Waals surface area contributed by atoms with E-state index in [1.54, 1.807) is 12.1 Å². The number of rotatable bonds is 4. The lowest BCUT2D eigenvalue weighted by atomic mass is 10.1. The Kier molecular flexibility index (Phi) is 5.01. The van der Waals surface area contributed by atoms with Gasteiger partial charge in [0.1, 0.15) is 5.82 Å². The van der Waals surface area contributed by atoms with Gasteiger partial charge in [-0.1, -0.05) is 17.7 Å². The molecule has 1 N–H and O–H groups in total. The Morgan fingerprint density at radius 3 is 2.60 bits per heavy atom. The molecule has 4 nitrogen and oxygen atoms in total. The monoisotopic (exact) mass is 320 g/mol. The smallest absolute Gasteiger partial charge is 0.211 e. The molecule has 0 aromatic heterocycles. The third kappa shape index (κ3) is 3.91. The molecular formula is C13H18ClFN2O2S. The summed E-state index contributed by atoms with van der Waals surface area (Å²) in [5.74, 6) is -0.321. The molecule has 1 aliphatic rings. The molecule has 1 saturated heterocycles. The fourth-order valence-corrected chi connectivity index (χ4v) is 3.44. The van der Waals surface area contributed by atoms with Crippen LogP contribution < -0.4 is 5.32 Å². The van der Waals surface area contributed by atoms with Gasteiger partial charge in [-0.25, -0.2) is 17.1 Å². The van der Waals surface area contributed by atoms with Gasteiger partial charge in [-0.2, -0.15) is 0 Å². The number of hydrogen-bond acceptors (Lipinski definition) is 3. The topological polar surface area (TPSA) is 49.4 Å². The molecule has 0 unspecified atom stereocenters. The summed E-state index contributed by atoms with van der Waals surface area (Å²) in [4.78, 5) is 0. The summed E-state index contributed by atoms with van der Waals surface area (Å²) in [6, 6.07) is 4.80. The molecule has 1 aliphatic heterocycles. The molecule has 7 heteroatoms. The molecule has 0 atom stereocenters. The van der Waals surface area contributed by atoms with E-state index in [0.717, 1.165) is 12.8 Å². The third-order valence-corrected chi connectivity index (χ3v) is 5.21. The lowest BCUT2D eigenvalue weighted by Crippen LogP contribution is -2.44. The average Bonchev–Trinajstić information content (AvgIpc) is 2.37. The summed E-state index contributed by atoms with van der Waals surface area (Å²) >= 11 is 5.96. The first-order valence-corrected chi connectivity index (χ1v) is 8.72. The first-order valence-electron chi connectivity index (χ1n) is 6.49. The van der Waals surface area contributed by atoms with Crippen LogP contribution in [0.25, 0.3) is 0 Å². The van der Waals surface area contributed by atoms with Crippen LogP contribution in [0.3, 0.4) is 0 Å². The SMILES string of the molecule is CS(=O)(=O)N1CCC(NCc2c(F)cccc2Cl)CC1. The van der Waals surface area contributed by atoms with E-state index in [-0.39, 0.29) is 11.9 Å². The zero-order valence-corrected chi connectivity index (χ0v) is 12.8. The van der Waals surface area contributed by atoms with Gasteiger partial charge in [-0.15, -0.1) is 0 Å². The molecule has 0 amide bonds. The molecule has 2 rings (SSSR count). The Labute approximate surface area is 124 Å². The van der Waals surface area contributed by atoms with Crippen LogP contribution in [0.4, 0.5) is 4.39 Å². The standard InChI is InChI=1S/C13H18ClFN2O2S/c1-20(18,19)17-7-5-10(6-8-17)16-9-11-12(14)3-2-4-13(11)15/h2-4,10,16H,5-9H2,1H3. The minimum Gasteiger partial charge on any atom is -0.310 e. The van der Waals surface area contributed by atoms with Gasteiger partial charge in [-0.05, 0) is 25.0 Å². The summed E-state index contributed by atoms with van der Waals surface area (Å²) in [5, 5.41) is 3.65. The predicted molar refractivity (Wildman–Crippen MR) is 77.7 cm³/mol. The molecule has 1 aromatic carbocycles. The zero-order valence-electron chi connectivity index (χ0n) is 11.3. The number of benzene rings is 1. The van der Waals surface area contributed by atoms with Gasteiger partial charge in [0.15, 0.2) is 0 Å². The molecule has 1 aromatic rings. The Morgan fingerprint density at radius 1 is 1.40 bits per heavy atom. The largest absolute Gasteiger partial charge is 0.310 e. The van der Waals surface area contributed by atoms with E-state index in [1.807, 2.05) is 0 Å². The van der Waals surface area contributed by atoms with E-state index in [0.29, 0.717) is 30.2 Å². The van der Waals surface area contributed by atoms with Crippen molar-refractivity contribution in [3.63, 3.8) is 0 Å². The molecule has 0 bridgehead atoms. The van der Waals surface area contributed by atoms with E-state index in [1.165, 1.54) is 16.6 Å². The number of nitrogens with one attached hydrogen (secondary N) is 1. The van der Waals surface area contributed by atoms with Crippen LogP contribution in [0.2, 0.25) is 5.02 Å². The molecule has 0 radical (unpaired) electrons. The summed E-state index contributed by atoms with van der Waals surface area (Å²) < 4.78 is 37.9. The molecule has 1 heterocycles. The maximum Gasteiger partial charge on any atom is 0.211 e. The Bertz CT molecular complexity index is 551. The van der Waals surface area contributed by atoms with E-state index < -0.39 is 10.0 Å². The van der Waals surface area contributed by atoms with Gasteiger partial charge in [0.05, 0.1) is 6.26 Å². The Hall–Kier alpha value is -0.690. The van der Waals surface area contributed by atoms with Crippen molar-refractivity contribution in [3.05, 3.63) is 34.6 Å². The highest BCUT2D eigenvalue weighted by Crippen LogP contribution is 2.20. The highest BCUT2D eigenvalue weighted by Gasteiger charge is 2.24. The number of nitrogens with zero attached hydrogens (tertiary/aromatic N) is 1. The van der Waals surface area contributed by atoms with Gasteiger partial charge in [0.25, 0.3) is 0 Å². The van der Waals surface area contributed by atoms with E-state index in [9.17, 15) is 12.8 Å². The Balaban J connectivity index is 1.88. The predicted octanol–water partition coefficient (Wildman–Crippen LogP) is 1.99. The van der Waals surface area contributed by atoms with Crippen molar-refractivity contribution in [2.45, 2.75) is 25.4 Å². The van der Waals surface area contributed by atoms with Gasteiger partial charge in [0, 0.05) is 36.3 Å². The summed E-state index contributed by atoms with van der Waals surface area (Å²) in [5.41, 5.74) is 0.458. The van der Waals surface area contributed by atoms with E-state index in [4.69, 9.17) is 11.6 Å². The quantitative estimate of drug-likeness (QED) is 0.923. The van der Waals surface area contributed by atoms with Gasteiger partial charge >= 0.3 is 0 Å². The van der Waals surface area contributed by atoms with Crippen LogP contribution >= 0.6 is 11.6 Å². The van der Waals surface area contributed by atoms with E-state index >= 15 is 0 Å². The zero-order chi connectivity index (χ0) is 14.8. The summed E-state index contributed by atoms with van der Waals surface area (Å²) in [7, 11) is -3.11. The van der Waals surface area contributed by atoms with Crippen LogP contribution in [0.5, 0.6) is 0 Å². The van der Waals surface area contributed by atoms with Gasteiger partial charge in [0.2, 0.25) is 10.0 Å². The second-order valence-electron chi connectivity index (χ2n) is 5.02. The highest BCUT2D eigenvalue weighted by atomic mass is 35.5.